The molecule has 7 heteroatoms. The third-order valence-corrected chi connectivity index (χ3v) is 2.94. The normalized spacial score (nSPS) is 10.0. The van der Waals surface area contributed by atoms with Gasteiger partial charge in [-0.1, -0.05) is 11.6 Å². The van der Waals surface area contributed by atoms with Crippen molar-refractivity contribution in [3.63, 3.8) is 0 Å². The molecular formula is C14H11ClN2O4. The molecule has 0 saturated carbocycles. The van der Waals surface area contributed by atoms with Crippen LogP contribution in [0, 0.1) is 0 Å². The molecule has 6 nitrogen and oxygen atoms in total. The molecule has 0 radical (unpaired) electrons. The van der Waals surface area contributed by atoms with Gasteiger partial charge in [0, 0.05) is 11.2 Å². The summed E-state index contributed by atoms with van der Waals surface area (Å²) in [4.78, 5) is 27.1. The SMILES string of the molecule is COc1ccc(Cl)cc1C(=O)Nc1cnccc1C(=O)O. The Balaban J connectivity index is 2.35. The van der Waals surface area contributed by atoms with Crippen LogP contribution in [-0.2, 0) is 0 Å². The molecule has 0 bridgehead atoms. The molecule has 1 aromatic heterocycles. The molecule has 0 aliphatic heterocycles. The van der Waals surface area contributed by atoms with E-state index in [-0.39, 0.29) is 16.8 Å². The zero-order chi connectivity index (χ0) is 15.4. The Morgan fingerprint density at radius 1 is 1.29 bits per heavy atom. The highest BCUT2D eigenvalue weighted by Crippen LogP contribution is 2.24. The second-order valence-corrected chi connectivity index (χ2v) is 4.46. The number of ether oxygens (including phenoxy) is 1. The average Bonchev–Trinajstić information content (AvgIpc) is 2.47. The summed E-state index contributed by atoms with van der Waals surface area (Å²) in [5, 5.41) is 11.9. The van der Waals surface area contributed by atoms with Crippen LogP contribution in [0.25, 0.3) is 0 Å². The molecule has 0 spiro atoms. The van der Waals surface area contributed by atoms with E-state index in [0.717, 1.165) is 0 Å². The summed E-state index contributed by atoms with van der Waals surface area (Å²) in [6.07, 6.45) is 2.59. The number of carbonyl (C=O) groups is 2. The number of carboxylic acids is 1. The molecule has 0 atom stereocenters. The maximum Gasteiger partial charge on any atom is 0.337 e. The van der Waals surface area contributed by atoms with Crippen LogP contribution in [0.4, 0.5) is 5.69 Å². The predicted octanol–water partition coefficient (Wildman–Crippen LogP) is 2.69. The van der Waals surface area contributed by atoms with Gasteiger partial charge in [0.25, 0.3) is 5.91 Å². The number of halogens is 1. The fourth-order valence-electron chi connectivity index (χ4n) is 1.73. The number of aromatic nitrogens is 1. The molecule has 0 saturated heterocycles. The smallest absolute Gasteiger partial charge is 0.337 e. The van der Waals surface area contributed by atoms with Gasteiger partial charge in [0.05, 0.1) is 30.1 Å². The number of methoxy groups -OCH3 is 1. The third-order valence-electron chi connectivity index (χ3n) is 2.71. The number of aromatic carboxylic acids is 1. The van der Waals surface area contributed by atoms with Crippen LogP contribution in [0.15, 0.2) is 36.7 Å². The Labute approximate surface area is 125 Å². The van der Waals surface area contributed by atoms with Gasteiger partial charge >= 0.3 is 5.97 Å². The van der Waals surface area contributed by atoms with E-state index in [1.54, 1.807) is 12.1 Å². The molecule has 21 heavy (non-hydrogen) atoms. The van der Waals surface area contributed by atoms with Gasteiger partial charge in [0.15, 0.2) is 0 Å². The lowest BCUT2D eigenvalue weighted by Crippen LogP contribution is -2.16. The van der Waals surface area contributed by atoms with Crippen LogP contribution in [-0.4, -0.2) is 29.1 Å². The van der Waals surface area contributed by atoms with Gasteiger partial charge in [0.2, 0.25) is 0 Å². The van der Waals surface area contributed by atoms with Crippen LogP contribution in [0.1, 0.15) is 20.7 Å². The molecule has 1 aromatic carbocycles. The van der Waals surface area contributed by atoms with Gasteiger partial charge in [-0.05, 0) is 24.3 Å². The second kappa shape index (κ2) is 6.23. The van der Waals surface area contributed by atoms with Crippen molar-refractivity contribution in [1.29, 1.82) is 0 Å². The number of pyridine rings is 1. The number of benzene rings is 1. The van der Waals surface area contributed by atoms with Crippen molar-refractivity contribution < 1.29 is 19.4 Å². The first-order valence-corrected chi connectivity index (χ1v) is 6.23. The van der Waals surface area contributed by atoms with Gasteiger partial charge in [0.1, 0.15) is 5.75 Å². The highest BCUT2D eigenvalue weighted by Gasteiger charge is 2.17. The predicted molar refractivity (Wildman–Crippen MR) is 77.2 cm³/mol. The van der Waals surface area contributed by atoms with E-state index in [0.29, 0.717) is 10.8 Å². The van der Waals surface area contributed by atoms with Crippen molar-refractivity contribution in [3.8, 4) is 5.75 Å². The molecule has 0 aliphatic rings. The molecule has 0 unspecified atom stereocenters. The number of carboxylic acid groups (broad SMARTS) is 1. The van der Waals surface area contributed by atoms with Crippen molar-refractivity contribution in [2.75, 3.05) is 12.4 Å². The van der Waals surface area contributed by atoms with Gasteiger partial charge in [-0.2, -0.15) is 0 Å². The molecular weight excluding hydrogens is 296 g/mol. The Morgan fingerprint density at radius 3 is 2.71 bits per heavy atom. The van der Waals surface area contributed by atoms with Gasteiger partial charge in [-0.25, -0.2) is 4.79 Å². The van der Waals surface area contributed by atoms with Crippen molar-refractivity contribution in [3.05, 3.63) is 52.8 Å². The van der Waals surface area contributed by atoms with Gasteiger partial charge in [-0.15, -0.1) is 0 Å². The maximum absolute atomic E-state index is 12.3. The monoisotopic (exact) mass is 306 g/mol. The zero-order valence-corrected chi connectivity index (χ0v) is 11.7. The van der Waals surface area contributed by atoms with E-state index >= 15 is 0 Å². The molecule has 2 N–H and O–H groups in total. The summed E-state index contributed by atoms with van der Waals surface area (Å²) < 4.78 is 5.09. The topological polar surface area (TPSA) is 88.5 Å². The standard InChI is InChI=1S/C14H11ClN2O4/c1-21-12-3-2-8(15)6-10(12)13(18)17-11-7-16-5-4-9(11)14(19)20/h2-7H,1H3,(H,17,18)(H,19,20). The number of nitrogens with one attached hydrogen (secondary N) is 1. The van der Waals surface area contributed by atoms with Crippen molar-refractivity contribution in [2.45, 2.75) is 0 Å². The highest BCUT2D eigenvalue weighted by molar-refractivity contribution is 6.31. The summed E-state index contributed by atoms with van der Waals surface area (Å²) in [6, 6.07) is 5.88. The summed E-state index contributed by atoms with van der Waals surface area (Å²) in [7, 11) is 1.42. The summed E-state index contributed by atoms with van der Waals surface area (Å²) >= 11 is 5.86. The molecule has 1 amide bonds. The number of hydrogen-bond acceptors (Lipinski definition) is 4. The minimum absolute atomic E-state index is 0.0562. The zero-order valence-electron chi connectivity index (χ0n) is 11.0. The van der Waals surface area contributed by atoms with Crippen LogP contribution >= 0.6 is 11.6 Å². The number of hydrogen-bond donors (Lipinski definition) is 2. The van der Waals surface area contributed by atoms with E-state index in [1.807, 2.05) is 0 Å². The fourth-order valence-corrected chi connectivity index (χ4v) is 1.90. The lowest BCUT2D eigenvalue weighted by Gasteiger charge is -2.11. The summed E-state index contributed by atoms with van der Waals surface area (Å²) in [5.74, 6) is -1.37. The number of rotatable bonds is 4. The largest absolute Gasteiger partial charge is 0.496 e. The quantitative estimate of drug-likeness (QED) is 0.906. The highest BCUT2D eigenvalue weighted by atomic mass is 35.5. The number of amides is 1. The van der Waals surface area contributed by atoms with E-state index in [4.69, 9.17) is 21.4 Å². The van der Waals surface area contributed by atoms with Crippen molar-refractivity contribution in [1.82, 2.24) is 4.98 Å². The lowest BCUT2D eigenvalue weighted by atomic mass is 10.1. The maximum atomic E-state index is 12.3. The molecule has 2 rings (SSSR count). The first kappa shape index (κ1) is 14.8. The molecule has 2 aromatic rings. The van der Waals surface area contributed by atoms with Gasteiger partial charge in [-0.3, -0.25) is 9.78 Å². The number of carbonyl (C=O) groups excluding carboxylic acids is 1. The minimum atomic E-state index is -1.16. The Hall–Kier alpha value is -2.60. The Kier molecular flexibility index (Phi) is 4.39. The van der Waals surface area contributed by atoms with Crippen molar-refractivity contribution >= 4 is 29.2 Å². The molecule has 0 fully saturated rings. The van der Waals surface area contributed by atoms with Crippen molar-refractivity contribution in [2.24, 2.45) is 0 Å². The Morgan fingerprint density at radius 2 is 2.05 bits per heavy atom. The first-order valence-electron chi connectivity index (χ1n) is 5.85. The summed E-state index contributed by atoms with van der Waals surface area (Å²) in [5.41, 5.74) is 0.238. The second-order valence-electron chi connectivity index (χ2n) is 4.03. The fraction of sp³-hybridized carbons (Fsp3) is 0.0714. The molecule has 108 valence electrons. The van der Waals surface area contributed by atoms with Crippen LogP contribution in [0.5, 0.6) is 5.75 Å². The van der Waals surface area contributed by atoms with E-state index < -0.39 is 11.9 Å². The average molecular weight is 307 g/mol. The van der Waals surface area contributed by atoms with Crippen LogP contribution in [0.3, 0.4) is 0 Å². The molecule has 1 heterocycles. The molecule has 0 aliphatic carbocycles. The number of anilines is 1. The van der Waals surface area contributed by atoms with E-state index in [2.05, 4.69) is 10.3 Å². The minimum Gasteiger partial charge on any atom is -0.496 e. The third kappa shape index (κ3) is 3.29. The summed E-state index contributed by atoms with van der Waals surface area (Å²) in [6.45, 7) is 0. The number of nitrogens with zero attached hydrogens (tertiary/aromatic N) is 1. The van der Waals surface area contributed by atoms with Crippen LogP contribution in [0.2, 0.25) is 5.02 Å². The Bertz CT molecular complexity index is 703. The first-order chi connectivity index (χ1) is 10.0. The van der Waals surface area contributed by atoms with Gasteiger partial charge < -0.3 is 15.2 Å². The van der Waals surface area contributed by atoms with E-state index in [1.165, 1.54) is 31.6 Å². The van der Waals surface area contributed by atoms with Crippen LogP contribution < -0.4 is 10.1 Å². The lowest BCUT2D eigenvalue weighted by molar-refractivity contribution is 0.0698. The van der Waals surface area contributed by atoms with E-state index in [9.17, 15) is 9.59 Å².